The summed E-state index contributed by atoms with van der Waals surface area (Å²) in [4.78, 5) is 4.47. The maximum Gasteiger partial charge on any atom is 0.188 e. The molecule has 0 fully saturated rings. The zero-order valence-electron chi connectivity index (χ0n) is 9.15. The van der Waals surface area contributed by atoms with Crippen molar-refractivity contribution in [2.24, 2.45) is 0 Å². The van der Waals surface area contributed by atoms with Crippen molar-refractivity contribution >= 4 is 55.6 Å². The van der Waals surface area contributed by atoms with Crippen LogP contribution in [0.2, 0.25) is 10.0 Å². The van der Waals surface area contributed by atoms with Gasteiger partial charge in [0, 0.05) is 5.69 Å². The normalized spacial score (nSPS) is 10.8. The highest BCUT2D eigenvalue weighted by molar-refractivity contribution is 7.22. The van der Waals surface area contributed by atoms with E-state index in [1.54, 1.807) is 17.4 Å². The number of fused-ring (bicyclic) bond motifs is 1. The first kappa shape index (κ1) is 11.8. The molecule has 0 saturated carbocycles. The van der Waals surface area contributed by atoms with E-state index in [1.807, 2.05) is 36.4 Å². The SMILES string of the molecule is Clc1cc2nc(Nc3ccccc3)sc2cc1Cl. The summed E-state index contributed by atoms with van der Waals surface area (Å²) >= 11 is 13.5. The highest BCUT2D eigenvalue weighted by Crippen LogP contribution is 2.33. The van der Waals surface area contributed by atoms with Gasteiger partial charge in [-0.1, -0.05) is 52.7 Å². The quantitative estimate of drug-likeness (QED) is 0.689. The largest absolute Gasteiger partial charge is 0.332 e. The molecular weight excluding hydrogens is 287 g/mol. The molecule has 0 aliphatic carbocycles. The zero-order chi connectivity index (χ0) is 12.5. The third-order valence-corrected chi connectivity index (χ3v) is 4.11. The van der Waals surface area contributed by atoms with Crippen LogP contribution >= 0.6 is 34.5 Å². The Hall–Kier alpha value is -1.29. The van der Waals surface area contributed by atoms with Crippen LogP contribution in [0.5, 0.6) is 0 Å². The van der Waals surface area contributed by atoms with Crippen LogP contribution in [-0.4, -0.2) is 4.98 Å². The van der Waals surface area contributed by atoms with E-state index in [-0.39, 0.29) is 0 Å². The second kappa shape index (κ2) is 4.76. The summed E-state index contributed by atoms with van der Waals surface area (Å²) in [7, 11) is 0. The first-order valence-electron chi connectivity index (χ1n) is 5.30. The predicted octanol–water partition coefficient (Wildman–Crippen LogP) is 5.35. The van der Waals surface area contributed by atoms with Gasteiger partial charge in [-0.2, -0.15) is 0 Å². The monoisotopic (exact) mass is 294 g/mol. The van der Waals surface area contributed by atoms with Gasteiger partial charge >= 0.3 is 0 Å². The van der Waals surface area contributed by atoms with E-state index in [0.29, 0.717) is 10.0 Å². The molecular formula is C13H8Cl2N2S. The fourth-order valence-corrected chi connectivity index (χ4v) is 2.92. The number of thiazole rings is 1. The number of hydrogen-bond acceptors (Lipinski definition) is 3. The highest BCUT2D eigenvalue weighted by atomic mass is 35.5. The molecule has 0 aliphatic heterocycles. The molecule has 0 amide bonds. The Bertz CT molecular complexity index is 656. The van der Waals surface area contributed by atoms with Gasteiger partial charge < -0.3 is 5.32 Å². The smallest absolute Gasteiger partial charge is 0.188 e. The molecule has 1 aromatic heterocycles. The van der Waals surface area contributed by atoms with Crippen LogP contribution in [0, 0.1) is 0 Å². The summed E-state index contributed by atoms with van der Waals surface area (Å²) < 4.78 is 1.02. The minimum absolute atomic E-state index is 0.528. The van der Waals surface area contributed by atoms with Gasteiger partial charge in [0.25, 0.3) is 0 Å². The Morgan fingerprint density at radius 2 is 1.72 bits per heavy atom. The van der Waals surface area contributed by atoms with Crippen LogP contribution in [0.3, 0.4) is 0 Å². The number of nitrogens with one attached hydrogen (secondary N) is 1. The van der Waals surface area contributed by atoms with E-state index in [1.165, 1.54) is 0 Å². The number of hydrogen-bond donors (Lipinski definition) is 1. The third-order valence-electron chi connectivity index (χ3n) is 2.46. The van der Waals surface area contributed by atoms with E-state index in [9.17, 15) is 0 Å². The molecule has 0 bridgehead atoms. The number of anilines is 2. The zero-order valence-corrected chi connectivity index (χ0v) is 11.5. The molecule has 0 radical (unpaired) electrons. The molecule has 0 aliphatic rings. The van der Waals surface area contributed by atoms with Gasteiger partial charge in [0.05, 0.1) is 20.3 Å². The number of benzene rings is 2. The molecule has 18 heavy (non-hydrogen) atoms. The molecule has 90 valence electrons. The molecule has 0 unspecified atom stereocenters. The Labute approximate surface area is 118 Å². The average molecular weight is 295 g/mol. The molecule has 2 aromatic carbocycles. The van der Waals surface area contributed by atoms with Gasteiger partial charge in [0.1, 0.15) is 0 Å². The summed E-state index contributed by atoms with van der Waals surface area (Å²) in [5.74, 6) is 0. The summed E-state index contributed by atoms with van der Waals surface area (Å²) in [6, 6.07) is 13.5. The first-order valence-corrected chi connectivity index (χ1v) is 6.87. The lowest BCUT2D eigenvalue weighted by Gasteiger charge is -1.99. The number of para-hydroxylation sites is 1. The number of halogens is 2. The lowest BCUT2D eigenvalue weighted by molar-refractivity contribution is 1.44. The maximum absolute atomic E-state index is 5.98. The minimum Gasteiger partial charge on any atom is -0.332 e. The van der Waals surface area contributed by atoms with E-state index in [2.05, 4.69) is 10.3 Å². The second-order valence-electron chi connectivity index (χ2n) is 3.74. The lowest BCUT2D eigenvalue weighted by atomic mass is 10.3. The van der Waals surface area contributed by atoms with Crippen LogP contribution in [0.25, 0.3) is 10.2 Å². The standard InChI is InChI=1S/C13H8Cl2N2S/c14-9-6-11-12(7-10(9)15)18-13(17-11)16-8-4-2-1-3-5-8/h1-7H,(H,16,17). The number of aromatic nitrogens is 1. The third kappa shape index (κ3) is 2.29. The molecule has 1 N–H and O–H groups in total. The van der Waals surface area contributed by atoms with Crippen LogP contribution in [0.1, 0.15) is 0 Å². The molecule has 5 heteroatoms. The predicted molar refractivity (Wildman–Crippen MR) is 79.4 cm³/mol. The minimum atomic E-state index is 0.528. The fourth-order valence-electron chi connectivity index (χ4n) is 1.62. The van der Waals surface area contributed by atoms with Crippen LogP contribution in [0.15, 0.2) is 42.5 Å². The van der Waals surface area contributed by atoms with Crippen molar-refractivity contribution in [3.8, 4) is 0 Å². The summed E-state index contributed by atoms with van der Waals surface area (Å²) in [5, 5.41) is 5.16. The second-order valence-corrected chi connectivity index (χ2v) is 5.59. The van der Waals surface area contributed by atoms with Gasteiger partial charge in [-0.05, 0) is 24.3 Å². The fraction of sp³-hybridized carbons (Fsp3) is 0. The van der Waals surface area contributed by atoms with Crippen molar-refractivity contribution in [2.75, 3.05) is 5.32 Å². The van der Waals surface area contributed by atoms with Crippen molar-refractivity contribution in [1.29, 1.82) is 0 Å². The Morgan fingerprint density at radius 3 is 2.50 bits per heavy atom. The molecule has 0 saturated heterocycles. The molecule has 3 aromatic rings. The molecule has 1 heterocycles. The lowest BCUT2D eigenvalue weighted by Crippen LogP contribution is -1.87. The van der Waals surface area contributed by atoms with E-state index < -0.39 is 0 Å². The molecule has 0 spiro atoms. The Kier molecular flexibility index (Phi) is 3.12. The summed E-state index contributed by atoms with van der Waals surface area (Å²) in [6.45, 7) is 0. The van der Waals surface area contributed by atoms with Crippen molar-refractivity contribution in [3.63, 3.8) is 0 Å². The number of nitrogens with zero attached hydrogens (tertiary/aromatic N) is 1. The van der Waals surface area contributed by atoms with Gasteiger partial charge in [0.15, 0.2) is 5.13 Å². The van der Waals surface area contributed by atoms with E-state index >= 15 is 0 Å². The molecule has 3 rings (SSSR count). The van der Waals surface area contributed by atoms with Crippen molar-refractivity contribution < 1.29 is 0 Å². The summed E-state index contributed by atoms with van der Waals surface area (Å²) in [5.41, 5.74) is 1.86. The van der Waals surface area contributed by atoms with E-state index in [4.69, 9.17) is 23.2 Å². The van der Waals surface area contributed by atoms with Crippen molar-refractivity contribution in [2.45, 2.75) is 0 Å². The topological polar surface area (TPSA) is 24.9 Å². The number of rotatable bonds is 2. The average Bonchev–Trinajstić information content (AvgIpc) is 2.72. The van der Waals surface area contributed by atoms with Gasteiger partial charge in [-0.3, -0.25) is 0 Å². The Morgan fingerprint density at radius 1 is 1.00 bits per heavy atom. The van der Waals surface area contributed by atoms with Crippen LogP contribution < -0.4 is 5.32 Å². The first-order chi connectivity index (χ1) is 8.72. The van der Waals surface area contributed by atoms with E-state index in [0.717, 1.165) is 21.0 Å². The Balaban J connectivity index is 1.99. The maximum atomic E-state index is 5.98. The van der Waals surface area contributed by atoms with Crippen LogP contribution in [-0.2, 0) is 0 Å². The molecule has 0 atom stereocenters. The van der Waals surface area contributed by atoms with Crippen LogP contribution in [0.4, 0.5) is 10.8 Å². The van der Waals surface area contributed by atoms with Crippen molar-refractivity contribution in [1.82, 2.24) is 4.98 Å². The summed E-state index contributed by atoms with van der Waals surface area (Å²) in [6.07, 6.45) is 0. The van der Waals surface area contributed by atoms with Crippen molar-refractivity contribution in [3.05, 3.63) is 52.5 Å². The van der Waals surface area contributed by atoms with Gasteiger partial charge in [-0.25, -0.2) is 4.98 Å². The highest BCUT2D eigenvalue weighted by Gasteiger charge is 2.07. The van der Waals surface area contributed by atoms with Gasteiger partial charge in [-0.15, -0.1) is 0 Å². The molecule has 2 nitrogen and oxygen atoms in total. The van der Waals surface area contributed by atoms with Gasteiger partial charge in [0.2, 0.25) is 0 Å².